The number of nitrogens with zero attached hydrogens (tertiary/aromatic N) is 1. The van der Waals surface area contributed by atoms with Crippen LogP contribution in [0.15, 0.2) is 0 Å². The van der Waals surface area contributed by atoms with Gasteiger partial charge >= 0.3 is 0 Å². The van der Waals surface area contributed by atoms with E-state index in [1.54, 1.807) is 6.92 Å². The molecule has 3 fully saturated rings. The number of rotatable bonds is 10. The van der Waals surface area contributed by atoms with Crippen LogP contribution < -0.4 is 10.6 Å². The number of likely N-dealkylation sites (tertiary alicyclic amines) is 1. The summed E-state index contributed by atoms with van der Waals surface area (Å²) in [4.78, 5) is 41.1. The van der Waals surface area contributed by atoms with E-state index in [0.717, 1.165) is 25.7 Å². The summed E-state index contributed by atoms with van der Waals surface area (Å²) in [5.74, 6) is -2.10. The number of unbranched alkanes of at least 4 members (excludes halogenated alkanes) is 2. The van der Waals surface area contributed by atoms with Crippen LogP contribution >= 0.6 is 15.9 Å². The average Bonchev–Trinajstić information content (AvgIpc) is 3.32. The standard InChI is InChI=1S/C21H34BrN3O5/c1-4-6-7-9-24-19(28)17-21-10-13(22)16(30-21)14(18(27)23-8-5-2)15(21)20(29)25(17)12(3)11-26/h12-17,26H,4-11H2,1-3H3,(H,23,27)(H,24,28)/t12-,13?,14-,15+,16-,17?,21?/m1/s1. The Hall–Kier alpha value is -1.19. The smallest absolute Gasteiger partial charge is 0.245 e. The Morgan fingerprint density at radius 3 is 2.57 bits per heavy atom. The Balaban J connectivity index is 1.92. The first-order valence-corrected chi connectivity index (χ1v) is 12.1. The Kier molecular flexibility index (Phi) is 7.45. The summed E-state index contributed by atoms with van der Waals surface area (Å²) in [6.45, 7) is 6.58. The number of alkyl halides is 1. The summed E-state index contributed by atoms with van der Waals surface area (Å²) >= 11 is 3.63. The van der Waals surface area contributed by atoms with Crippen LogP contribution in [0.25, 0.3) is 0 Å². The molecule has 3 amide bonds. The molecular formula is C21H34BrN3O5. The molecule has 3 N–H and O–H groups in total. The van der Waals surface area contributed by atoms with E-state index < -0.39 is 35.6 Å². The van der Waals surface area contributed by atoms with Crippen molar-refractivity contribution in [1.29, 1.82) is 0 Å². The number of carbonyl (C=O) groups is 3. The molecular weight excluding hydrogens is 454 g/mol. The fraction of sp³-hybridized carbons (Fsp3) is 0.857. The molecule has 0 aliphatic carbocycles. The van der Waals surface area contributed by atoms with Crippen LogP contribution in [0.3, 0.4) is 0 Å². The molecule has 3 heterocycles. The summed E-state index contributed by atoms with van der Waals surface area (Å²) in [7, 11) is 0. The van der Waals surface area contributed by atoms with E-state index in [2.05, 4.69) is 33.5 Å². The number of amides is 3. The van der Waals surface area contributed by atoms with Gasteiger partial charge in [0.15, 0.2) is 0 Å². The molecule has 170 valence electrons. The van der Waals surface area contributed by atoms with Gasteiger partial charge in [0.25, 0.3) is 0 Å². The van der Waals surface area contributed by atoms with Crippen LogP contribution in [0.2, 0.25) is 0 Å². The molecule has 3 unspecified atom stereocenters. The van der Waals surface area contributed by atoms with Crippen molar-refractivity contribution in [3.63, 3.8) is 0 Å². The number of ether oxygens (including phenoxy) is 1. The topological polar surface area (TPSA) is 108 Å². The predicted octanol–water partition coefficient (Wildman–Crippen LogP) is 0.948. The summed E-state index contributed by atoms with van der Waals surface area (Å²) in [6, 6.07) is -1.40. The number of hydrogen-bond donors (Lipinski definition) is 3. The quantitative estimate of drug-likeness (QED) is 0.314. The zero-order valence-corrected chi connectivity index (χ0v) is 19.6. The Morgan fingerprint density at radius 2 is 1.93 bits per heavy atom. The van der Waals surface area contributed by atoms with Crippen LogP contribution in [0.5, 0.6) is 0 Å². The zero-order chi connectivity index (χ0) is 22.1. The number of hydrogen-bond acceptors (Lipinski definition) is 5. The highest BCUT2D eigenvalue weighted by atomic mass is 79.9. The minimum Gasteiger partial charge on any atom is -0.394 e. The molecule has 0 aromatic heterocycles. The monoisotopic (exact) mass is 487 g/mol. The largest absolute Gasteiger partial charge is 0.394 e. The number of aliphatic hydroxyl groups is 1. The molecule has 0 radical (unpaired) electrons. The van der Waals surface area contributed by atoms with Gasteiger partial charge in [-0.15, -0.1) is 0 Å². The maximum Gasteiger partial charge on any atom is 0.245 e. The van der Waals surface area contributed by atoms with Crippen molar-refractivity contribution < 1.29 is 24.2 Å². The lowest BCUT2D eigenvalue weighted by Crippen LogP contribution is -2.57. The van der Waals surface area contributed by atoms with Crippen molar-refractivity contribution in [3.05, 3.63) is 0 Å². The Bertz CT molecular complexity index is 677. The van der Waals surface area contributed by atoms with Gasteiger partial charge in [-0.25, -0.2) is 0 Å². The summed E-state index contributed by atoms with van der Waals surface area (Å²) in [6.07, 6.45) is 3.74. The Morgan fingerprint density at radius 1 is 1.23 bits per heavy atom. The van der Waals surface area contributed by atoms with Crippen LogP contribution in [0, 0.1) is 11.8 Å². The number of halogens is 1. The number of aliphatic hydroxyl groups excluding tert-OH is 1. The normalized spacial score (nSPS) is 35.4. The number of nitrogens with one attached hydrogen (secondary N) is 2. The second-order valence-corrected chi connectivity index (χ2v) is 9.91. The lowest BCUT2D eigenvalue weighted by molar-refractivity contribution is -0.145. The third kappa shape index (κ3) is 3.77. The molecule has 0 saturated carbocycles. The van der Waals surface area contributed by atoms with Crippen LogP contribution in [-0.4, -0.2) is 76.0 Å². The van der Waals surface area contributed by atoms with Crippen molar-refractivity contribution in [1.82, 2.24) is 15.5 Å². The van der Waals surface area contributed by atoms with Gasteiger partial charge in [-0.05, 0) is 26.2 Å². The molecule has 0 aromatic carbocycles. The molecule has 3 rings (SSSR count). The van der Waals surface area contributed by atoms with E-state index in [1.165, 1.54) is 4.90 Å². The van der Waals surface area contributed by atoms with Crippen LogP contribution in [0.1, 0.15) is 52.9 Å². The molecule has 30 heavy (non-hydrogen) atoms. The van der Waals surface area contributed by atoms with Crippen LogP contribution in [-0.2, 0) is 19.1 Å². The van der Waals surface area contributed by atoms with Gasteiger partial charge < -0.3 is 25.4 Å². The summed E-state index contributed by atoms with van der Waals surface area (Å²) in [5.41, 5.74) is -1.05. The maximum absolute atomic E-state index is 13.5. The van der Waals surface area contributed by atoms with Gasteiger partial charge in [0, 0.05) is 17.9 Å². The predicted molar refractivity (Wildman–Crippen MR) is 115 cm³/mol. The minimum atomic E-state index is -1.05. The lowest BCUT2D eigenvalue weighted by atomic mass is 9.70. The number of fused-ring (bicyclic) bond motifs is 1. The SMILES string of the molecule is CCCCCNC(=O)C1N([C@H](C)CO)C(=O)[C@@H]2[C@@H](C(=O)NCCC)[C@@H]3OC12CC3Br. The van der Waals surface area contributed by atoms with Gasteiger partial charge in [-0.2, -0.15) is 0 Å². The fourth-order valence-electron chi connectivity index (χ4n) is 5.28. The van der Waals surface area contributed by atoms with E-state index in [0.29, 0.717) is 19.5 Å². The van der Waals surface area contributed by atoms with E-state index in [-0.39, 0.29) is 29.2 Å². The van der Waals surface area contributed by atoms with Gasteiger partial charge in [0.1, 0.15) is 11.6 Å². The van der Waals surface area contributed by atoms with Crippen molar-refractivity contribution in [2.24, 2.45) is 11.8 Å². The van der Waals surface area contributed by atoms with Crippen molar-refractivity contribution in [2.75, 3.05) is 19.7 Å². The van der Waals surface area contributed by atoms with Crippen molar-refractivity contribution >= 4 is 33.7 Å². The molecule has 3 saturated heterocycles. The second kappa shape index (κ2) is 9.53. The van der Waals surface area contributed by atoms with Gasteiger partial charge in [-0.1, -0.05) is 42.6 Å². The molecule has 2 bridgehead atoms. The second-order valence-electron chi connectivity index (χ2n) is 8.73. The van der Waals surface area contributed by atoms with E-state index >= 15 is 0 Å². The molecule has 1 spiro atoms. The number of carbonyl (C=O) groups excluding carboxylic acids is 3. The molecule has 8 nitrogen and oxygen atoms in total. The summed E-state index contributed by atoms with van der Waals surface area (Å²) in [5, 5.41) is 15.6. The average molecular weight is 488 g/mol. The molecule has 7 atom stereocenters. The van der Waals surface area contributed by atoms with Gasteiger partial charge in [-0.3, -0.25) is 14.4 Å². The van der Waals surface area contributed by atoms with E-state index in [4.69, 9.17) is 4.74 Å². The highest BCUT2D eigenvalue weighted by Crippen LogP contribution is 2.60. The molecule has 9 heteroatoms. The Labute approximate surface area is 186 Å². The van der Waals surface area contributed by atoms with Gasteiger partial charge in [0.05, 0.1) is 30.6 Å². The van der Waals surface area contributed by atoms with Crippen molar-refractivity contribution in [2.45, 2.75) is 81.5 Å². The minimum absolute atomic E-state index is 0.112. The van der Waals surface area contributed by atoms with E-state index in [1.807, 2.05) is 6.92 Å². The highest BCUT2D eigenvalue weighted by molar-refractivity contribution is 9.09. The van der Waals surface area contributed by atoms with Gasteiger partial charge in [0.2, 0.25) is 17.7 Å². The molecule has 3 aliphatic rings. The van der Waals surface area contributed by atoms with E-state index in [9.17, 15) is 19.5 Å². The third-order valence-corrected chi connectivity index (χ3v) is 7.49. The fourth-order valence-corrected chi connectivity index (χ4v) is 6.22. The first-order chi connectivity index (χ1) is 14.3. The van der Waals surface area contributed by atoms with Crippen LogP contribution in [0.4, 0.5) is 0 Å². The lowest BCUT2D eigenvalue weighted by Gasteiger charge is -2.35. The molecule has 3 aliphatic heterocycles. The molecule has 0 aromatic rings. The first kappa shape index (κ1) is 23.5. The highest BCUT2D eigenvalue weighted by Gasteiger charge is 2.76. The first-order valence-electron chi connectivity index (χ1n) is 11.1. The zero-order valence-electron chi connectivity index (χ0n) is 18.0. The van der Waals surface area contributed by atoms with Crippen molar-refractivity contribution in [3.8, 4) is 0 Å². The third-order valence-electron chi connectivity index (χ3n) is 6.65. The maximum atomic E-state index is 13.5. The summed E-state index contributed by atoms with van der Waals surface area (Å²) < 4.78 is 6.35.